The van der Waals surface area contributed by atoms with Gasteiger partial charge in [-0.1, -0.05) is 13.0 Å². The van der Waals surface area contributed by atoms with Gasteiger partial charge < -0.3 is 0 Å². The van der Waals surface area contributed by atoms with Crippen molar-refractivity contribution in [2.75, 3.05) is 0 Å². The van der Waals surface area contributed by atoms with Gasteiger partial charge in [-0.25, -0.2) is 0 Å². The van der Waals surface area contributed by atoms with Crippen molar-refractivity contribution in [3.63, 3.8) is 0 Å². The monoisotopic (exact) mass is 138 g/mol. The van der Waals surface area contributed by atoms with Crippen molar-refractivity contribution in [3.8, 4) is 0 Å². The minimum Gasteiger partial charge on any atom is -0.299 e. The fourth-order valence-corrected chi connectivity index (χ4v) is 1.06. The van der Waals surface area contributed by atoms with E-state index in [9.17, 15) is 9.59 Å². The fourth-order valence-electron chi connectivity index (χ4n) is 1.06. The second-order valence-electron chi connectivity index (χ2n) is 2.46. The summed E-state index contributed by atoms with van der Waals surface area (Å²) in [6, 6.07) is 0. The summed E-state index contributed by atoms with van der Waals surface area (Å²) in [4.78, 5) is 21.6. The highest BCUT2D eigenvalue weighted by Crippen LogP contribution is 2.15. The molecule has 2 nitrogen and oxygen atoms in total. The van der Waals surface area contributed by atoms with Crippen LogP contribution in [0.25, 0.3) is 0 Å². The van der Waals surface area contributed by atoms with Crippen LogP contribution < -0.4 is 0 Å². The van der Waals surface area contributed by atoms with E-state index in [1.165, 1.54) is 6.08 Å². The second-order valence-corrected chi connectivity index (χ2v) is 2.46. The summed E-state index contributed by atoms with van der Waals surface area (Å²) >= 11 is 0. The van der Waals surface area contributed by atoms with Crippen molar-refractivity contribution in [2.45, 2.75) is 19.8 Å². The lowest BCUT2D eigenvalue weighted by molar-refractivity contribution is -0.123. The van der Waals surface area contributed by atoms with Gasteiger partial charge in [-0.3, -0.25) is 9.59 Å². The van der Waals surface area contributed by atoms with E-state index in [2.05, 4.69) is 0 Å². The Hall–Kier alpha value is -0.920. The molecule has 0 fully saturated rings. The molecule has 0 bridgehead atoms. The maximum Gasteiger partial charge on any atom is 0.156 e. The first-order valence-corrected chi connectivity index (χ1v) is 3.47. The average Bonchev–Trinajstić information content (AvgIpc) is 2.34. The average molecular weight is 138 g/mol. The molecule has 0 aliphatic heterocycles. The Bertz CT molecular complexity index is 191. The summed E-state index contributed by atoms with van der Waals surface area (Å²) in [7, 11) is 0. The van der Waals surface area contributed by atoms with E-state index in [1.54, 1.807) is 6.08 Å². The molecule has 0 saturated carbocycles. The number of rotatable bonds is 2. The molecule has 0 saturated heterocycles. The maximum atomic E-state index is 11.0. The van der Waals surface area contributed by atoms with Crippen LogP contribution in [0.3, 0.4) is 0 Å². The molecule has 10 heavy (non-hydrogen) atoms. The molecular weight excluding hydrogens is 128 g/mol. The van der Waals surface area contributed by atoms with E-state index in [0.29, 0.717) is 12.8 Å². The number of carbonyl (C=O) groups is 2. The van der Waals surface area contributed by atoms with Crippen molar-refractivity contribution in [2.24, 2.45) is 5.92 Å². The molecule has 0 N–H and O–H groups in total. The number of ketones is 2. The Balaban J connectivity index is 2.54. The summed E-state index contributed by atoms with van der Waals surface area (Å²) < 4.78 is 0. The van der Waals surface area contributed by atoms with Gasteiger partial charge in [-0.15, -0.1) is 0 Å². The zero-order valence-electron chi connectivity index (χ0n) is 5.96. The molecule has 1 unspecified atom stereocenters. The van der Waals surface area contributed by atoms with Gasteiger partial charge in [0.25, 0.3) is 0 Å². The van der Waals surface area contributed by atoms with Crippen LogP contribution in [0, 0.1) is 5.92 Å². The van der Waals surface area contributed by atoms with Crippen molar-refractivity contribution in [1.29, 1.82) is 0 Å². The Morgan fingerprint density at radius 1 is 1.80 bits per heavy atom. The quantitative estimate of drug-likeness (QED) is 0.572. The molecule has 0 aromatic carbocycles. The van der Waals surface area contributed by atoms with Crippen molar-refractivity contribution in [3.05, 3.63) is 12.2 Å². The lowest BCUT2D eigenvalue weighted by atomic mass is 10.0. The molecule has 1 aliphatic rings. The third kappa shape index (κ3) is 1.32. The van der Waals surface area contributed by atoms with Gasteiger partial charge in [0, 0.05) is 18.8 Å². The highest BCUT2D eigenvalue weighted by Gasteiger charge is 2.20. The molecular formula is C8H10O2. The van der Waals surface area contributed by atoms with Crippen LogP contribution in [0.5, 0.6) is 0 Å². The van der Waals surface area contributed by atoms with Gasteiger partial charge in [-0.2, -0.15) is 0 Å². The van der Waals surface area contributed by atoms with Crippen LogP contribution in [-0.4, -0.2) is 11.6 Å². The Morgan fingerprint density at radius 3 is 2.90 bits per heavy atom. The smallest absolute Gasteiger partial charge is 0.156 e. The van der Waals surface area contributed by atoms with Crippen LogP contribution in [0.2, 0.25) is 0 Å². The van der Waals surface area contributed by atoms with Crippen LogP contribution in [0.1, 0.15) is 19.8 Å². The number of Topliss-reactive ketones (excluding diaryl/α,β-unsaturated/α-hetero) is 1. The summed E-state index contributed by atoms with van der Waals surface area (Å²) in [6.07, 6.45) is 4.13. The van der Waals surface area contributed by atoms with Crippen LogP contribution in [0.4, 0.5) is 0 Å². The summed E-state index contributed by atoms with van der Waals surface area (Å²) in [5.41, 5.74) is 0. The van der Waals surface area contributed by atoms with E-state index in [-0.39, 0.29) is 17.5 Å². The highest BCUT2D eigenvalue weighted by atomic mass is 16.1. The first kappa shape index (κ1) is 7.19. The molecule has 2 heteroatoms. The zero-order chi connectivity index (χ0) is 7.56. The molecule has 0 radical (unpaired) electrons. The third-order valence-corrected chi connectivity index (χ3v) is 1.70. The SMILES string of the molecule is CCC(=O)C1C=CC(=O)C1. The van der Waals surface area contributed by atoms with Crippen molar-refractivity contribution >= 4 is 11.6 Å². The van der Waals surface area contributed by atoms with E-state index in [0.717, 1.165) is 0 Å². The van der Waals surface area contributed by atoms with E-state index in [4.69, 9.17) is 0 Å². The minimum absolute atomic E-state index is 0.0757. The first-order valence-electron chi connectivity index (χ1n) is 3.47. The van der Waals surface area contributed by atoms with Gasteiger partial charge in [0.1, 0.15) is 5.78 Å². The zero-order valence-corrected chi connectivity index (χ0v) is 5.96. The molecule has 1 atom stereocenters. The maximum absolute atomic E-state index is 11.0. The fraction of sp³-hybridized carbons (Fsp3) is 0.500. The van der Waals surface area contributed by atoms with Crippen molar-refractivity contribution < 1.29 is 9.59 Å². The molecule has 0 amide bonds. The van der Waals surface area contributed by atoms with Crippen LogP contribution in [0.15, 0.2) is 12.2 Å². The molecule has 0 aromatic heterocycles. The molecule has 0 aromatic rings. The third-order valence-electron chi connectivity index (χ3n) is 1.70. The van der Waals surface area contributed by atoms with E-state index in [1.807, 2.05) is 6.92 Å². The van der Waals surface area contributed by atoms with E-state index >= 15 is 0 Å². The van der Waals surface area contributed by atoms with Gasteiger partial charge in [0.05, 0.1) is 0 Å². The topological polar surface area (TPSA) is 34.1 Å². The predicted molar refractivity (Wildman–Crippen MR) is 37.6 cm³/mol. The molecule has 0 spiro atoms. The normalized spacial score (nSPS) is 23.7. The number of hydrogen-bond acceptors (Lipinski definition) is 2. The Labute approximate surface area is 59.9 Å². The van der Waals surface area contributed by atoms with Gasteiger partial charge >= 0.3 is 0 Å². The van der Waals surface area contributed by atoms with Crippen LogP contribution >= 0.6 is 0 Å². The molecule has 1 aliphatic carbocycles. The summed E-state index contributed by atoms with van der Waals surface area (Å²) in [6.45, 7) is 1.82. The minimum atomic E-state index is -0.113. The predicted octanol–water partition coefficient (Wildman–Crippen LogP) is 1.11. The highest BCUT2D eigenvalue weighted by molar-refractivity contribution is 5.98. The van der Waals surface area contributed by atoms with Gasteiger partial charge in [-0.05, 0) is 6.08 Å². The first-order chi connectivity index (χ1) is 4.74. The Morgan fingerprint density at radius 2 is 2.50 bits per heavy atom. The van der Waals surface area contributed by atoms with Gasteiger partial charge in [0.2, 0.25) is 0 Å². The Kier molecular flexibility index (Phi) is 2.00. The summed E-state index contributed by atoms with van der Waals surface area (Å²) in [5.74, 6) is 0.131. The molecule has 0 heterocycles. The van der Waals surface area contributed by atoms with E-state index < -0.39 is 0 Å². The lowest BCUT2D eigenvalue weighted by Gasteiger charge is -2.00. The molecule has 1 rings (SSSR count). The van der Waals surface area contributed by atoms with Crippen LogP contribution in [-0.2, 0) is 9.59 Å². The summed E-state index contributed by atoms with van der Waals surface area (Å²) in [5, 5.41) is 0. The largest absolute Gasteiger partial charge is 0.299 e. The number of carbonyl (C=O) groups excluding carboxylic acids is 2. The number of allylic oxidation sites excluding steroid dienone is 2. The molecule has 54 valence electrons. The lowest BCUT2D eigenvalue weighted by Crippen LogP contribution is -2.09. The van der Waals surface area contributed by atoms with Gasteiger partial charge in [0.15, 0.2) is 5.78 Å². The standard InChI is InChI=1S/C8H10O2/c1-2-8(10)6-3-4-7(9)5-6/h3-4,6H,2,5H2,1H3. The second kappa shape index (κ2) is 2.78. The van der Waals surface area contributed by atoms with Crippen molar-refractivity contribution in [1.82, 2.24) is 0 Å². The number of hydrogen-bond donors (Lipinski definition) is 0.